The summed E-state index contributed by atoms with van der Waals surface area (Å²) in [6.45, 7) is 6.42. The van der Waals surface area contributed by atoms with Gasteiger partial charge >= 0.3 is 0 Å². The van der Waals surface area contributed by atoms with Gasteiger partial charge in [0.2, 0.25) is 5.91 Å². The maximum Gasteiger partial charge on any atom is 0.254 e. The first-order valence-electron chi connectivity index (χ1n) is 10.2. The van der Waals surface area contributed by atoms with Crippen LogP contribution in [0.3, 0.4) is 0 Å². The molecular formula is C23H27F2N3O2. The van der Waals surface area contributed by atoms with E-state index in [4.69, 9.17) is 0 Å². The molecule has 5 nitrogen and oxygen atoms in total. The predicted octanol–water partition coefficient (Wildman–Crippen LogP) is 3.03. The predicted molar refractivity (Wildman–Crippen MR) is 111 cm³/mol. The van der Waals surface area contributed by atoms with Gasteiger partial charge in [-0.3, -0.25) is 14.5 Å². The fourth-order valence-corrected chi connectivity index (χ4v) is 3.59. The monoisotopic (exact) mass is 415 g/mol. The molecule has 1 aliphatic rings. The summed E-state index contributed by atoms with van der Waals surface area (Å²) in [7, 11) is 0. The van der Waals surface area contributed by atoms with Crippen LogP contribution in [0.2, 0.25) is 0 Å². The number of carbonyl (C=O) groups excluding carboxylic acids is 2. The maximum absolute atomic E-state index is 13.4. The van der Waals surface area contributed by atoms with E-state index in [9.17, 15) is 18.4 Å². The average Bonchev–Trinajstić information content (AvgIpc) is 2.78. The lowest BCUT2D eigenvalue weighted by atomic mass is 10.0. The SMILES string of the molecule is CC(CNC(=O)C(C)N1CCN(C(=O)c2ccc(F)c(F)c2)CC1)c1ccccc1. The number of halogens is 2. The minimum atomic E-state index is -1.03. The van der Waals surface area contributed by atoms with Crippen LogP contribution in [-0.4, -0.2) is 60.4 Å². The smallest absolute Gasteiger partial charge is 0.254 e. The zero-order chi connectivity index (χ0) is 21.7. The minimum absolute atomic E-state index is 0.0434. The summed E-state index contributed by atoms with van der Waals surface area (Å²) in [5.74, 6) is -2.17. The molecular weight excluding hydrogens is 388 g/mol. The van der Waals surface area contributed by atoms with Gasteiger partial charge in [-0.15, -0.1) is 0 Å². The third kappa shape index (κ3) is 5.21. The van der Waals surface area contributed by atoms with Crippen molar-refractivity contribution in [3.05, 3.63) is 71.3 Å². The summed E-state index contributed by atoms with van der Waals surface area (Å²) in [5.41, 5.74) is 1.30. The lowest BCUT2D eigenvalue weighted by molar-refractivity contribution is -0.126. The molecule has 0 radical (unpaired) electrons. The van der Waals surface area contributed by atoms with E-state index in [1.165, 1.54) is 11.6 Å². The summed E-state index contributed by atoms with van der Waals surface area (Å²) in [5, 5.41) is 3.01. The lowest BCUT2D eigenvalue weighted by Gasteiger charge is -2.37. The highest BCUT2D eigenvalue weighted by Crippen LogP contribution is 2.15. The number of nitrogens with zero attached hydrogens (tertiary/aromatic N) is 2. The highest BCUT2D eigenvalue weighted by atomic mass is 19.2. The Hall–Kier alpha value is -2.80. The zero-order valence-corrected chi connectivity index (χ0v) is 17.3. The van der Waals surface area contributed by atoms with Crippen LogP contribution in [0.1, 0.15) is 35.7 Å². The number of hydrogen-bond donors (Lipinski definition) is 1. The van der Waals surface area contributed by atoms with E-state index in [0.29, 0.717) is 32.7 Å². The van der Waals surface area contributed by atoms with E-state index in [1.807, 2.05) is 42.2 Å². The van der Waals surface area contributed by atoms with Crippen molar-refractivity contribution in [3.8, 4) is 0 Å². The van der Waals surface area contributed by atoms with Gasteiger partial charge in [-0.05, 0) is 36.6 Å². The molecule has 2 atom stereocenters. The van der Waals surface area contributed by atoms with Gasteiger partial charge in [0.05, 0.1) is 6.04 Å². The van der Waals surface area contributed by atoms with Gasteiger partial charge in [-0.25, -0.2) is 8.78 Å². The van der Waals surface area contributed by atoms with Crippen LogP contribution in [0.15, 0.2) is 48.5 Å². The lowest BCUT2D eigenvalue weighted by Crippen LogP contribution is -2.55. The molecule has 2 aromatic carbocycles. The quantitative estimate of drug-likeness (QED) is 0.789. The first-order valence-corrected chi connectivity index (χ1v) is 10.2. The van der Waals surface area contributed by atoms with E-state index in [2.05, 4.69) is 12.2 Å². The molecule has 30 heavy (non-hydrogen) atoms. The van der Waals surface area contributed by atoms with Crippen LogP contribution in [0, 0.1) is 11.6 Å². The zero-order valence-electron chi connectivity index (χ0n) is 17.3. The maximum atomic E-state index is 13.4. The van der Waals surface area contributed by atoms with E-state index < -0.39 is 11.6 Å². The van der Waals surface area contributed by atoms with Gasteiger partial charge in [-0.1, -0.05) is 37.3 Å². The van der Waals surface area contributed by atoms with E-state index in [-0.39, 0.29) is 29.3 Å². The molecule has 1 heterocycles. The molecule has 0 aromatic heterocycles. The molecule has 2 unspecified atom stereocenters. The van der Waals surface area contributed by atoms with Crippen LogP contribution >= 0.6 is 0 Å². The molecule has 7 heteroatoms. The molecule has 2 aromatic rings. The number of benzene rings is 2. The van der Waals surface area contributed by atoms with Crippen molar-refractivity contribution in [2.75, 3.05) is 32.7 Å². The van der Waals surface area contributed by atoms with Crippen molar-refractivity contribution in [3.63, 3.8) is 0 Å². The van der Waals surface area contributed by atoms with E-state index >= 15 is 0 Å². The molecule has 0 bridgehead atoms. The van der Waals surface area contributed by atoms with Gasteiger partial charge < -0.3 is 10.2 Å². The van der Waals surface area contributed by atoms with E-state index in [1.54, 1.807) is 4.90 Å². The molecule has 1 aliphatic heterocycles. The highest BCUT2D eigenvalue weighted by molar-refractivity contribution is 5.94. The Balaban J connectivity index is 1.48. The van der Waals surface area contributed by atoms with Crippen molar-refractivity contribution in [2.45, 2.75) is 25.8 Å². The first kappa shape index (κ1) is 21.9. The van der Waals surface area contributed by atoms with Crippen molar-refractivity contribution >= 4 is 11.8 Å². The van der Waals surface area contributed by atoms with Crippen molar-refractivity contribution in [1.29, 1.82) is 0 Å². The molecule has 1 N–H and O–H groups in total. The first-order chi connectivity index (χ1) is 14.4. The molecule has 0 aliphatic carbocycles. The number of nitrogens with one attached hydrogen (secondary N) is 1. The third-order valence-corrected chi connectivity index (χ3v) is 5.65. The largest absolute Gasteiger partial charge is 0.354 e. The number of amides is 2. The van der Waals surface area contributed by atoms with E-state index in [0.717, 1.165) is 12.1 Å². The van der Waals surface area contributed by atoms with Gasteiger partial charge in [-0.2, -0.15) is 0 Å². The van der Waals surface area contributed by atoms with Crippen LogP contribution in [0.5, 0.6) is 0 Å². The molecule has 160 valence electrons. The average molecular weight is 415 g/mol. The van der Waals surface area contributed by atoms with Crippen molar-refractivity contribution < 1.29 is 18.4 Å². The van der Waals surface area contributed by atoms with Gasteiger partial charge in [0.1, 0.15) is 0 Å². The standard InChI is InChI=1S/C23H27F2N3O2/c1-16(18-6-4-3-5-7-18)15-26-22(29)17(2)27-10-12-28(13-11-27)23(30)19-8-9-20(24)21(25)14-19/h3-9,14,16-17H,10-13,15H2,1-2H3,(H,26,29). The normalized spacial score (nSPS) is 16.7. The Morgan fingerprint density at radius 2 is 1.63 bits per heavy atom. The summed E-state index contributed by atoms with van der Waals surface area (Å²) in [6, 6.07) is 12.9. The third-order valence-electron chi connectivity index (χ3n) is 5.65. The molecule has 1 saturated heterocycles. The van der Waals surface area contributed by atoms with Crippen LogP contribution in [0.4, 0.5) is 8.78 Å². The van der Waals surface area contributed by atoms with Gasteiger partial charge in [0, 0.05) is 38.3 Å². The Morgan fingerprint density at radius 1 is 0.967 bits per heavy atom. The summed E-state index contributed by atoms with van der Waals surface area (Å²) < 4.78 is 26.5. The molecule has 2 amide bonds. The van der Waals surface area contributed by atoms with Crippen molar-refractivity contribution in [2.24, 2.45) is 0 Å². The minimum Gasteiger partial charge on any atom is -0.354 e. The topological polar surface area (TPSA) is 52.7 Å². The summed E-state index contributed by atoms with van der Waals surface area (Å²) in [4.78, 5) is 28.7. The van der Waals surface area contributed by atoms with Crippen LogP contribution in [-0.2, 0) is 4.79 Å². The summed E-state index contributed by atoms with van der Waals surface area (Å²) >= 11 is 0. The fourth-order valence-electron chi connectivity index (χ4n) is 3.59. The van der Waals surface area contributed by atoms with Gasteiger partial charge in [0.15, 0.2) is 11.6 Å². The Morgan fingerprint density at radius 3 is 2.27 bits per heavy atom. The number of rotatable bonds is 6. The second kappa shape index (κ2) is 9.80. The second-order valence-corrected chi connectivity index (χ2v) is 7.69. The van der Waals surface area contributed by atoms with Crippen LogP contribution in [0.25, 0.3) is 0 Å². The fraction of sp³-hybridized carbons (Fsp3) is 0.391. The second-order valence-electron chi connectivity index (χ2n) is 7.69. The van der Waals surface area contributed by atoms with Crippen LogP contribution < -0.4 is 5.32 Å². The van der Waals surface area contributed by atoms with Crippen molar-refractivity contribution in [1.82, 2.24) is 15.1 Å². The molecule has 0 spiro atoms. The summed E-state index contributed by atoms with van der Waals surface area (Å²) in [6.07, 6.45) is 0. The van der Waals surface area contributed by atoms with Gasteiger partial charge in [0.25, 0.3) is 5.91 Å². The number of carbonyl (C=O) groups is 2. The highest BCUT2D eigenvalue weighted by Gasteiger charge is 2.28. The Kier molecular flexibility index (Phi) is 7.15. The molecule has 0 saturated carbocycles. The Bertz CT molecular complexity index is 883. The molecule has 1 fully saturated rings. The Labute approximate surface area is 175 Å². The molecule has 3 rings (SSSR count). The number of piperazine rings is 1. The number of hydrogen-bond acceptors (Lipinski definition) is 3.